The van der Waals surface area contributed by atoms with E-state index in [0.717, 1.165) is 32.4 Å². The Hall–Kier alpha value is -3.92. The maximum atomic E-state index is 17.2. The molecule has 3 fully saturated rings. The van der Waals surface area contributed by atoms with Crippen molar-refractivity contribution in [2.24, 2.45) is 0 Å². The zero-order valence-corrected chi connectivity index (χ0v) is 32.9. The van der Waals surface area contributed by atoms with E-state index in [4.69, 9.17) is 14.5 Å². The summed E-state index contributed by atoms with van der Waals surface area (Å²) in [5.41, 5.74) is 4.45. The first-order chi connectivity index (χ1) is 25.2. The van der Waals surface area contributed by atoms with Gasteiger partial charge in [0.1, 0.15) is 49.4 Å². The molecule has 0 spiro atoms. The van der Waals surface area contributed by atoms with Crippen LogP contribution in [0.5, 0.6) is 11.8 Å². The fourth-order valence-corrected chi connectivity index (χ4v) is 14.6. The molecule has 1 aliphatic carbocycles. The van der Waals surface area contributed by atoms with Gasteiger partial charge in [-0.15, -0.1) is 5.54 Å². The van der Waals surface area contributed by atoms with Crippen molar-refractivity contribution < 1.29 is 27.8 Å². The van der Waals surface area contributed by atoms with Gasteiger partial charge >= 0.3 is 6.01 Å². The highest BCUT2D eigenvalue weighted by Crippen LogP contribution is 2.44. The van der Waals surface area contributed by atoms with Crippen LogP contribution in [0.2, 0.25) is 16.6 Å². The molecule has 7 rings (SSSR count). The van der Waals surface area contributed by atoms with Gasteiger partial charge in [-0.3, -0.25) is 9.88 Å². The van der Waals surface area contributed by atoms with Crippen LogP contribution in [0.1, 0.15) is 72.8 Å². The molecule has 2 aromatic carbocycles. The summed E-state index contributed by atoms with van der Waals surface area (Å²) in [6.45, 7) is 15.2. The lowest BCUT2D eigenvalue weighted by Gasteiger charge is -2.38. The number of alkyl halides is 1. The second kappa shape index (κ2) is 14.1. The number of rotatable bonds is 10. The quantitative estimate of drug-likeness (QED) is 0.128. The van der Waals surface area contributed by atoms with Crippen LogP contribution in [-0.4, -0.2) is 90.7 Å². The van der Waals surface area contributed by atoms with Crippen molar-refractivity contribution in [1.82, 2.24) is 19.9 Å². The van der Waals surface area contributed by atoms with Gasteiger partial charge in [-0.25, -0.2) is 13.2 Å². The summed E-state index contributed by atoms with van der Waals surface area (Å²) in [6.07, 6.45) is 3.64. The minimum atomic E-state index is -2.28. The Morgan fingerprint density at radius 3 is 2.47 bits per heavy atom. The number of phenols is 1. The molecular formula is C41H50F3N5O3Si. The number of benzene rings is 2. The summed E-state index contributed by atoms with van der Waals surface area (Å²) in [6, 6.07) is 5.37. The van der Waals surface area contributed by atoms with E-state index in [2.05, 4.69) is 67.9 Å². The van der Waals surface area contributed by atoms with Gasteiger partial charge in [0, 0.05) is 44.3 Å². The third-order valence-corrected chi connectivity index (χ3v) is 18.6. The predicted molar refractivity (Wildman–Crippen MR) is 206 cm³/mol. The second-order valence-corrected chi connectivity index (χ2v) is 21.8. The average Bonchev–Trinajstić information content (AvgIpc) is 3.55. The number of halogens is 3. The Labute approximate surface area is 311 Å². The van der Waals surface area contributed by atoms with E-state index in [1.165, 1.54) is 24.4 Å². The summed E-state index contributed by atoms with van der Waals surface area (Å²) in [5, 5.41) is 12.0. The molecule has 3 aliphatic rings. The lowest BCUT2D eigenvalue weighted by molar-refractivity contribution is 0.0997. The zero-order valence-electron chi connectivity index (χ0n) is 31.9. The van der Waals surface area contributed by atoms with Crippen molar-refractivity contribution >= 4 is 35.6 Å². The van der Waals surface area contributed by atoms with Gasteiger partial charge in [-0.1, -0.05) is 53.5 Å². The second-order valence-electron chi connectivity index (χ2n) is 16.2. The average molecular weight is 746 g/mol. The number of nitrogens with zero attached hydrogens (tertiary/aromatic N) is 5. The third-order valence-electron chi connectivity index (χ3n) is 12.3. The highest BCUT2D eigenvalue weighted by Gasteiger charge is 2.49. The number of pyridine rings is 1. The van der Waals surface area contributed by atoms with E-state index in [9.17, 15) is 9.50 Å². The van der Waals surface area contributed by atoms with E-state index in [1.807, 2.05) is 0 Å². The van der Waals surface area contributed by atoms with Crippen LogP contribution in [0.3, 0.4) is 0 Å². The van der Waals surface area contributed by atoms with E-state index in [0.29, 0.717) is 51.6 Å². The molecule has 1 N–H and O–H groups in total. The van der Waals surface area contributed by atoms with E-state index < -0.39 is 31.9 Å². The first-order valence-electron chi connectivity index (χ1n) is 18.8. The van der Waals surface area contributed by atoms with Crippen LogP contribution in [0, 0.1) is 23.1 Å². The standard InChI is InChI=1S/C41H50F3N5O3Si/c1-23(2)53(24(3)4,25(5)6)15-12-29-32(42)11-10-26-16-27(50)17-30(35(26)29)37-36(44)38-31(20-45-37)39(48(7)34-18-33(34)43)47-40(46-38)52-22-41-13-9-14-49(41)21-28(19-41)51-8/h10-11,16-17,20,23-25,28,33-34,50H,9,13-14,18-19,21-22H2,1-8H3/t28-,33+,34+,41+/m1/s1. The van der Waals surface area contributed by atoms with Gasteiger partial charge in [-0.2, -0.15) is 9.97 Å². The van der Waals surface area contributed by atoms with Crippen LogP contribution in [0.15, 0.2) is 30.5 Å². The molecule has 2 aliphatic heterocycles. The molecule has 2 aromatic heterocycles. The number of ether oxygens (including phenoxy) is 2. The van der Waals surface area contributed by atoms with Crippen LogP contribution >= 0.6 is 0 Å². The Morgan fingerprint density at radius 2 is 1.81 bits per heavy atom. The van der Waals surface area contributed by atoms with E-state index >= 15 is 8.78 Å². The number of hydrogen-bond donors (Lipinski definition) is 1. The smallest absolute Gasteiger partial charge is 0.319 e. The largest absolute Gasteiger partial charge is 0.508 e. The number of aromatic hydroxyl groups is 1. The number of aromatic nitrogens is 3. The molecule has 282 valence electrons. The summed E-state index contributed by atoms with van der Waals surface area (Å²) in [5.74, 6) is 2.11. The Kier molecular flexibility index (Phi) is 9.91. The molecule has 4 aromatic rings. The molecule has 8 nitrogen and oxygen atoms in total. The monoisotopic (exact) mass is 745 g/mol. The van der Waals surface area contributed by atoms with Crippen molar-refractivity contribution in [2.75, 3.05) is 38.8 Å². The number of phenolic OH excluding ortho intramolecular Hbond substituents is 1. The minimum Gasteiger partial charge on any atom is -0.508 e. The molecule has 1 saturated carbocycles. The van der Waals surface area contributed by atoms with E-state index in [1.54, 1.807) is 25.1 Å². The summed E-state index contributed by atoms with van der Waals surface area (Å²) in [4.78, 5) is 17.9. The molecular weight excluding hydrogens is 696 g/mol. The third kappa shape index (κ3) is 6.42. The maximum Gasteiger partial charge on any atom is 0.319 e. The first kappa shape index (κ1) is 37.4. The Balaban J connectivity index is 1.39. The normalized spacial score (nSPS) is 22.9. The van der Waals surface area contributed by atoms with Crippen molar-refractivity contribution in [2.45, 2.75) is 108 Å². The Morgan fingerprint density at radius 1 is 1.09 bits per heavy atom. The van der Waals surface area contributed by atoms with Crippen molar-refractivity contribution in [1.29, 1.82) is 0 Å². The molecule has 2 saturated heterocycles. The fraction of sp³-hybridized carbons (Fsp3) is 0.537. The van der Waals surface area contributed by atoms with Gasteiger partial charge in [0.05, 0.1) is 28.6 Å². The van der Waals surface area contributed by atoms with Gasteiger partial charge < -0.3 is 19.5 Å². The van der Waals surface area contributed by atoms with Gasteiger partial charge in [0.2, 0.25) is 0 Å². The molecule has 0 unspecified atom stereocenters. The number of hydrogen-bond acceptors (Lipinski definition) is 8. The highest BCUT2D eigenvalue weighted by atomic mass is 28.3. The van der Waals surface area contributed by atoms with Crippen LogP contribution < -0.4 is 9.64 Å². The van der Waals surface area contributed by atoms with Crippen LogP contribution in [0.25, 0.3) is 32.9 Å². The van der Waals surface area contributed by atoms with Gasteiger partial charge in [0.25, 0.3) is 0 Å². The zero-order chi connectivity index (χ0) is 38.0. The van der Waals surface area contributed by atoms with Crippen LogP contribution in [-0.2, 0) is 4.74 Å². The molecule has 12 heteroatoms. The van der Waals surface area contributed by atoms with Gasteiger partial charge in [0.15, 0.2) is 5.82 Å². The SMILES string of the molecule is CO[C@H]1CN2CCC[C@@]2(COc2nc(N(C)[C@H]3C[C@@H]3F)c3cnc(-c4cc(O)cc5ccc(F)c(C#C[Si](C(C)C)(C(C)C)C(C)C)c45)c(F)c3n2)C1. The summed E-state index contributed by atoms with van der Waals surface area (Å²) < 4.78 is 59.5. The van der Waals surface area contributed by atoms with Crippen LogP contribution in [0.4, 0.5) is 19.0 Å². The van der Waals surface area contributed by atoms with E-state index in [-0.39, 0.29) is 45.7 Å². The van der Waals surface area contributed by atoms with Crippen molar-refractivity contribution in [3.05, 3.63) is 47.7 Å². The predicted octanol–water partition coefficient (Wildman–Crippen LogP) is 8.58. The first-order valence-corrected chi connectivity index (χ1v) is 21.1. The molecule has 4 heterocycles. The summed E-state index contributed by atoms with van der Waals surface area (Å²) >= 11 is 0. The topological polar surface area (TPSA) is 83.8 Å². The number of methoxy groups -OCH3 is 1. The minimum absolute atomic E-state index is 0.0238. The number of fused-ring (bicyclic) bond motifs is 3. The molecule has 0 radical (unpaired) electrons. The molecule has 4 atom stereocenters. The number of anilines is 1. The molecule has 53 heavy (non-hydrogen) atoms. The highest BCUT2D eigenvalue weighted by molar-refractivity contribution is 6.90. The molecule has 0 bridgehead atoms. The summed E-state index contributed by atoms with van der Waals surface area (Å²) in [7, 11) is 1.17. The lowest BCUT2D eigenvalue weighted by atomic mass is 9.94. The lowest BCUT2D eigenvalue weighted by Crippen LogP contribution is -2.43. The van der Waals surface area contributed by atoms with Gasteiger partial charge in [-0.05, 0) is 66.0 Å². The fourth-order valence-electron chi connectivity index (χ4n) is 9.41. The van der Waals surface area contributed by atoms with Crippen molar-refractivity contribution in [3.8, 4) is 34.5 Å². The van der Waals surface area contributed by atoms with Crippen molar-refractivity contribution in [3.63, 3.8) is 0 Å². The maximum absolute atomic E-state index is 17.2. The Bertz CT molecular complexity index is 2100. The molecule has 0 amide bonds.